The molecule has 0 saturated heterocycles. The van der Waals surface area contributed by atoms with Crippen molar-refractivity contribution in [1.82, 2.24) is 10.6 Å². The Kier molecular flexibility index (Phi) is 12.8. The predicted molar refractivity (Wildman–Crippen MR) is 150 cm³/mol. The van der Waals surface area contributed by atoms with E-state index >= 15 is 0 Å². The van der Waals surface area contributed by atoms with E-state index in [1.54, 1.807) is 13.8 Å². The van der Waals surface area contributed by atoms with Gasteiger partial charge in [0, 0.05) is 28.9 Å². The van der Waals surface area contributed by atoms with E-state index in [4.69, 9.17) is 27.9 Å². The quantitative estimate of drug-likeness (QED) is 0.197. The van der Waals surface area contributed by atoms with E-state index in [1.807, 2.05) is 5.32 Å². The van der Waals surface area contributed by atoms with Crippen molar-refractivity contribution in [1.29, 1.82) is 0 Å². The molecule has 2 atom stereocenters. The van der Waals surface area contributed by atoms with Gasteiger partial charge in [0.2, 0.25) is 5.78 Å². The molecule has 0 saturated carbocycles. The number of nitrogens with one attached hydrogen (secondary N) is 2. The minimum Gasteiger partial charge on any atom is -0.484 e. The van der Waals surface area contributed by atoms with Crippen molar-refractivity contribution in [3.63, 3.8) is 0 Å². The minimum absolute atomic E-state index is 0.0845. The Labute approximate surface area is 251 Å². The summed E-state index contributed by atoms with van der Waals surface area (Å²) in [4.78, 5) is 51.0. The van der Waals surface area contributed by atoms with Gasteiger partial charge < -0.3 is 15.4 Å². The van der Waals surface area contributed by atoms with Gasteiger partial charge in [-0.3, -0.25) is 19.2 Å². The lowest BCUT2D eigenvalue weighted by molar-refractivity contribution is -0.162. The Morgan fingerprint density at radius 1 is 0.929 bits per heavy atom. The lowest BCUT2D eigenvalue weighted by Gasteiger charge is -2.26. The van der Waals surface area contributed by atoms with Gasteiger partial charge in [-0.25, -0.2) is 8.78 Å². The second kappa shape index (κ2) is 15.3. The first-order valence-electron chi connectivity index (χ1n) is 13.1. The zero-order valence-corrected chi connectivity index (χ0v) is 24.9. The third kappa shape index (κ3) is 10.3. The summed E-state index contributed by atoms with van der Waals surface area (Å²) in [5, 5.41) is 4.91. The summed E-state index contributed by atoms with van der Waals surface area (Å²) in [6.45, 7) is 5.55. The number of ether oxygens (including phenoxy) is 1. The highest BCUT2D eigenvalue weighted by atomic mass is 35.5. The van der Waals surface area contributed by atoms with Gasteiger partial charge in [0.15, 0.2) is 24.0 Å². The van der Waals surface area contributed by atoms with Crippen LogP contribution in [-0.2, 0) is 25.6 Å². The third-order valence-corrected chi connectivity index (χ3v) is 6.62. The van der Waals surface area contributed by atoms with E-state index in [2.05, 4.69) is 5.32 Å². The molecule has 0 aliphatic heterocycles. The van der Waals surface area contributed by atoms with Gasteiger partial charge in [-0.15, -0.1) is 0 Å². The second-order valence-electron chi connectivity index (χ2n) is 10.5. The molecule has 0 aliphatic rings. The molecule has 0 spiro atoms. The first-order chi connectivity index (χ1) is 19.5. The Morgan fingerprint density at radius 2 is 1.55 bits per heavy atom. The van der Waals surface area contributed by atoms with Gasteiger partial charge in [0.25, 0.3) is 11.8 Å². The molecule has 2 N–H and O–H groups in total. The Bertz CT molecular complexity index is 1290. The van der Waals surface area contributed by atoms with Crippen LogP contribution in [0, 0.1) is 29.4 Å². The van der Waals surface area contributed by atoms with Crippen molar-refractivity contribution in [3.05, 3.63) is 63.6 Å². The van der Waals surface area contributed by atoms with Crippen molar-refractivity contribution < 1.29 is 41.5 Å². The van der Waals surface area contributed by atoms with Crippen LogP contribution in [0.25, 0.3) is 0 Å². The summed E-state index contributed by atoms with van der Waals surface area (Å²) in [7, 11) is 0. The number of amides is 2. The SMILES string of the molecule is CC(C)CNC(=O)C(F)(F)C(=O)[C@@H](CC(=O)[C@H](Cc1ccc(F)c(F)c1)NC(=O)COc1cc(Cl)cc(Cl)c1)C(C)C. The summed E-state index contributed by atoms with van der Waals surface area (Å²) in [6.07, 6.45) is -1.11. The zero-order chi connectivity index (χ0) is 31.8. The van der Waals surface area contributed by atoms with E-state index < -0.39 is 71.8 Å². The van der Waals surface area contributed by atoms with E-state index in [0.717, 1.165) is 12.1 Å². The number of Topliss-reactive ketones (excluding diaryl/α,β-unsaturated/α-hetero) is 2. The summed E-state index contributed by atoms with van der Waals surface area (Å²) < 4.78 is 62.3. The summed E-state index contributed by atoms with van der Waals surface area (Å²) in [5.74, 6) is -14.3. The number of benzene rings is 2. The van der Waals surface area contributed by atoms with Crippen LogP contribution in [0.3, 0.4) is 0 Å². The third-order valence-electron chi connectivity index (χ3n) is 6.18. The highest BCUT2D eigenvalue weighted by Crippen LogP contribution is 2.28. The molecule has 13 heteroatoms. The maximum Gasteiger partial charge on any atom is 0.381 e. The van der Waals surface area contributed by atoms with Crippen LogP contribution >= 0.6 is 23.2 Å². The van der Waals surface area contributed by atoms with Crippen molar-refractivity contribution >= 4 is 46.6 Å². The molecule has 0 heterocycles. The van der Waals surface area contributed by atoms with Gasteiger partial charge in [-0.1, -0.05) is 57.0 Å². The van der Waals surface area contributed by atoms with Gasteiger partial charge in [0.1, 0.15) is 5.75 Å². The summed E-state index contributed by atoms with van der Waals surface area (Å²) >= 11 is 11.8. The molecule has 0 radical (unpaired) electrons. The molecule has 0 aliphatic carbocycles. The van der Waals surface area contributed by atoms with Gasteiger partial charge in [-0.2, -0.15) is 8.78 Å². The molecule has 0 unspecified atom stereocenters. The Morgan fingerprint density at radius 3 is 2.10 bits per heavy atom. The molecule has 2 aromatic rings. The number of alkyl halides is 2. The average molecular weight is 635 g/mol. The van der Waals surface area contributed by atoms with E-state index in [-0.39, 0.29) is 40.2 Å². The number of halogens is 6. The van der Waals surface area contributed by atoms with Gasteiger partial charge in [-0.05, 0) is 54.2 Å². The summed E-state index contributed by atoms with van der Waals surface area (Å²) in [5.41, 5.74) is 0.112. The lowest BCUT2D eigenvalue weighted by Crippen LogP contribution is -2.51. The second-order valence-corrected chi connectivity index (χ2v) is 11.4. The largest absolute Gasteiger partial charge is 0.484 e. The van der Waals surface area contributed by atoms with Gasteiger partial charge >= 0.3 is 5.92 Å². The number of hydrogen-bond donors (Lipinski definition) is 2. The van der Waals surface area contributed by atoms with Crippen molar-refractivity contribution in [2.24, 2.45) is 17.8 Å². The van der Waals surface area contributed by atoms with Crippen LogP contribution in [0.4, 0.5) is 17.6 Å². The number of hydrogen-bond acceptors (Lipinski definition) is 5. The fourth-order valence-corrected chi connectivity index (χ4v) is 4.39. The standard InChI is InChI=1S/C29H32Cl2F4N2O5/c1-15(2)13-36-28(41)29(34,35)27(40)21(16(3)4)12-25(38)24(8-17-5-6-22(32)23(33)7-17)37-26(39)14-42-20-10-18(30)9-19(31)11-20/h5-7,9-11,15-16,21,24H,8,12-14H2,1-4H3,(H,36,41)(H,37,39)/t21-,24-/m0/s1. The van der Waals surface area contributed by atoms with Crippen LogP contribution in [0.5, 0.6) is 5.75 Å². The fraction of sp³-hybridized carbons (Fsp3) is 0.448. The highest BCUT2D eigenvalue weighted by Gasteiger charge is 2.51. The smallest absolute Gasteiger partial charge is 0.381 e. The first kappa shape index (κ1) is 35.0. The number of rotatable bonds is 15. The van der Waals surface area contributed by atoms with Crippen LogP contribution < -0.4 is 15.4 Å². The predicted octanol–water partition coefficient (Wildman–Crippen LogP) is 5.59. The zero-order valence-electron chi connectivity index (χ0n) is 23.4. The maximum absolute atomic E-state index is 14.8. The summed E-state index contributed by atoms with van der Waals surface area (Å²) in [6, 6.07) is 5.62. The molecular weight excluding hydrogens is 603 g/mol. The lowest BCUT2D eigenvalue weighted by atomic mass is 9.82. The van der Waals surface area contributed by atoms with Crippen molar-refractivity contribution in [2.45, 2.75) is 52.5 Å². The molecule has 2 amide bonds. The van der Waals surface area contributed by atoms with Crippen molar-refractivity contribution in [3.8, 4) is 5.75 Å². The van der Waals surface area contributed by atoms with E-state index in [0.29, 0.717) is 0 Å². The van der Waals surface area contributed by atoms with Crippen LogP contribution in [0.15, 0.2) is 36.4 Å². The molecule has 0 fully saturated rings. The van der Waals surface area contributed by atoms with Gasteiger partial charge in [0.05, 0.1) is 6.04 Å². The van der Waals surface area contributed by atoms with E-state index in [9.17, 15) is 36.7 Å². The Balaban J connectivity index is 2.26. The molecule has 230 valence electrons. The fourth-order valence-electron chi connectivity index (χ4n) is 3.89. The van der Waals surface area contributed by atoms with Crippen LogP contribution in [-0.4, -0.2) is 48.5 Å². The molecule has 42 heavy (non-hydrogen) atoms. The molecule has 2 aromatic carbocycles. The first-order valence-corrected chi connectivity index (χ1v) is 13.8. The number of ketones is 2. The normalized spacial score (nSPS) is 13.0. The maximum atomic E-state index is 14.8. The monoisotopic (exact) mass is 634 g/mol. The molecule has 7 nitrogen and oxygen atoms in total. The topological polar surface area (TPSA) is 102 Å². The molecule has 0 aromatic heterocycles. The molecular formula is C29H32Cl2F4N2O5. The number of carbonyl (C=O) groups is 4. The van der Waals surface area contributed by atoms with Crippen LogP contribution in [0.2, 0.25) is 10.0 Å². The van der Waals surface area contributed by atoms with E-state index in [1.165, 1.54) is 38.1 Å². The molecule has 0 bridgehead atoms. The highest BCUT2D eigenvalue weighted by molar-refractivity contribution is 6.34. The average Bonchev–Trinajstić information content (AvgIpc) is 2.89. The van der Waals surface area contributed by atoms with Crippen LogP contribution in [0.1, 0.15) is 39.7 Å². The van der Waals surface area contributed by atoms with Crippen molar-refractivity contribution in [2.75, 3.05) is 13.2 Å². The Hall–Kier alpha value is -3.18. The molecule has 2 rings (SSSR count). The number of carbonyl (C=O) groups excluding carboxylic acids is 4. The minimum atomic E-state index is -4.41.